The van der Waals surface area contributed by atoms with Crippen LogP contribution >= 0.6 is 11.6 Å². The van der Waals surface area contributed by atoms with Gasteiger partial charge in [-0.25, -0.2) is 4.39 Å². The van der Waals surface area contributed by atoms with Gasteiger partial charge in [0.2, 0.25) is 0 Å². The van der Waals surface area contributed by atoms with E-state index in [-0.39, 0.29) is 17.5 Å². The minimum atomic E-state index is -0.333. The van der Waals surface area contributed by atoms with Crippen molar-refractivity contribution in [2.45, 2.75) is 6.54 Å². The van der Waals surface area contributed by atoms with E-state index < -0.39 is 0 Å². The molecule has 0 saturated heterocycles. The first kappa shape index (κ1) is 17.0. The Balaban J connectivity index is 1.72. The van der Waals surface area contributed by atoms with Gasteiger partial charge in [0.1, 0.15) is 16.6 Å². The number of hydrogen-bond donors (Lipinski definition) is 1. The molecule has 0 radical (unpaired) electrons. The molecule has 1 N–H and O–H groups in total. The van der Waals surface area contributed by atoms with Crippen LogP contribution in [0.2, 0.25) is 5.02 Å². The van der Waals surface area contributed by atoms with Crippen LogP contribution in [0.1, 0.15) is 15.9 Å². The number of benzene rings is 2. The van der Waals surface area contributed by atoms with Gasteiger partial charge in [-0.3, -0.25) is 9.48 Å². The SMILES string of the molecule is COc1ccc(C(=O)Nc2nn(Cc3cccc(F)c3)cc2Cl)cc1. The molecule has 0 aliphatic heterocycles. The first-order valence-electron chi connectivity index (χ1n) is 7.48. The van der Waals surface area contributed by atoms with Gasteiger partial charge in [0, 0.05) is 11.8 Å². The monoisotopic (exact) mass is 359 g/mol. The fraction of sp³-hybridized carbons (Fsp3) is 0.111. The molecule has 0 unspecified atom stereocenters. The first-order valence-corrected chi connectivity index (χ1v) is 7.86. The lowest BCUT2D eigenvalue weighted by molar-refractivity contribution is 0.102. The summed E-state index contributed by atoms with van der Waals surface area (Å²) < 4.78 is 19.8. The third-order valence-corrected chi connectivity index (χ3v) is 3.81. The van der Waals surface area contributed by atoms with E-state index in [1.165, 1.54) is 12.1 Å². The molecule has 3 rings (SSSR count). The maximum atomic E-state index is 13.2. The van der Waals surface area contributed by atoms with Gasteiger partial charge in [-0.05, 0) is 42.0 Å². The average Bonchev–Trinajstić information content (AvgIpc) is 2.94. The Morgan fingerprint density at radius 2 is 2.04 bits per heavy atom. The Labute approximate surface area is 149 Å². The number of ether oxygens (including phenoxy) is 1. The number of anilines is 1. The second-order valence-electron chi connectivity index (χ2n) is 5.34. The number of nitrogens with zero attached hydrogens (tertiary/aromatic N) is 2. The van der Waals surface area contributed by atoms with Crippen molar-refractivity contribution in [1.29, 1.82) is 0 Å². The van der Waals surface area contributed by atoms with E-state index in [9.17, 15) is 9.18 Å². The van der Waals surface area contributed by atoms with Crippen LogP contribution in [-0.4, -0.2) is 22.8 Å². The van der Waals surface area contributed by atoms with Crippen LogP contribution in [0.3, 0.4) is 0 Å². The highest BCUT2D eigenvalue weighted by molar-refractivity contribution is 6.33. The van der Waals surface area contributed by atoms with E-state index in [1.54, 1.807) is 54.4 Å². The molecule has 1 heterocycles. The molecule has 5 nitrogen and oxygen atoms in total. The van der Waals surface area contributed by atoms with Crippen molar-refractivity contribution >= 4 is 23.3 Å². The van der Waals surface area contributed by atoms with Crippen molar-refractivity contribution < 1.29 is 13.9 Å². The summed E-state index contributed by atoms with van der Waals surface area (Å²) in [5.74, 6) is 0.261. The molecule has 3 aromatic rings. The van der Waals surface area contributed by atoms with Gasteiger partial charge in [0.05, 0.1) is 13.7 Å². The van der Waals surface area contributed by atoms with Crippen LogP contribution in [0.4, 0.5) is 10.2 Å². The second-order valence-corrected chi connectivity index (χ2v) is 5.74. The topological polar surface area (TPSA) is 56.1 Å². The van der Waals surface area contributed by atoms with Crippen molar-refractivity contribution in [3.63, 3.8) is 0 Å². The first-order chi connectivity index (χ1) is 12.0. The Bertz CT molecular complexity index is 894. The fourth-order valence-corrected chi connectivity index (χ4v) is 2.50. The van der Waals surface area contributed by atoms with Crippen LogP contribution in [0, 0.1) is 5.82 Å². The maximum Gasteiger partial charge on any atom is 0.256 e. The number of amides is 1. The van der Waals surface area contributed by atoms with Gasteiger partial charge in [0.15, 0.2) is 5.82 Å². The van der Waals surface area contributed by atoms with Gasteiger partial charge in [-0.15, -0.1) is 0 Å². The molecular weight excluding hydrogens is 345 g/mol. The predicted octanol–water partition coefficient (Wildman–Crippen LogP) is 3.98. The molecule has 1 aromatic heterocycles. The summed E-state index contributed by atoms with van der Waals surface area (Å²) in [4.78, 5) is 12.3. The smallest absolute Gasteiger partial charge is 0.256 e. The minimum Gasteiger partial charge on any atom is -0.497 e. The molecule has 0 spiro atoms. The predicted molar refractivity (Wildman–Crippen MR) is 93.7 cm³/mol. The van der Waals surface area contributed by atoms with Crippen LogP contribution in [0.15, 0.2) is 54.7 Å². The Morgan fingerprint density at radius 3 is 2.72 bits per heavy atom. The summed E-state index contributed by atoms with van der Waals surface area (Å²) >= 11 is 6.13. The maximum absolute atomic E-state index is 13.2. The van der Waals surface area contributed by atoms with Crippen molar-refractivity contribution in [2.75, 3.05) is 12.4 Å². The van der Waals surface area contributed by atoms with Gasteiger partial charge < -0.3 is 10.1 Å². The molecule has 128 valence electrons. The summed E-state index contributed by atoms with van der Waals surface area (Å²) in [5, 5.41) is 7.21. The lowest BCUT2D eigenvalue weighted by atomic mass is 10.2. The lowest BCUT2D eigenvalue weighted by Crippen LogP contribution is -2.13. The van der Waals surface area contributed by atoms with Crippen molar-refractivity contribution in [1.82, 2.24) is 9.78 Å². The van der Waals surface area contributed by atoms with E-state index >= 15 is 0 Å². The lowest BCUT2D eigenvalue weighted by Gasteiger charge is -2.04. The zero-order valence-electron chi connectivity index (χ0n) is 13.4. The van der Waals surface area contributed by atoms with E-state index in [1.807, 2.05) is 0 Å². The quantitative estimate of drug-likeness (QED) is 0.749. The summed E-state index contributed by atoms with van der Waals surface area (Å²) in [6.45, 7) is 0.343. The minimum absolute atomic E-state index is 0.249. The van der Waals surface area contributed by atoms with E-state index in [2.05, 4.69) is 10.4 Å². The molecule has 0 aliphatic carbocycles. The van der Waals surface area contributed by atoms with Crippen molar-refractivity contribution in [2.24, 2.45) is 0 Å². The second kappa shape index (κ2) is 7.36. The van der Waals surface area contributed by atoms with Gasteiger partial charge in [0.25, 0.3) is 5.91 Å². The van der Waals surface area contributed by atoms with Gasteiger partial charge >= 0.3 is 0 Å². The largest absolute Gasteiger partial charge is 0.497 e. The molecule has 0 bridgehead atoms. The molecule has 7 heteroatoms. The normalized spacial score (nSPS) is 10.5. The number of halogens is 2. The van der Waals surface area contributed by atoms with Crippen LogP contribution < -0.4 is 10.1 Å². The van der Waals surface area contributed by atoms with Gasteiger partial charge in [-0.2, -0.15) is 5.10 Å². The number of rotatable bonds is 5. The van der Waals surface area contributed by atoms with Crippen LogP contribution in [-0.2, 0) is 6.54 Å². The van der Waals surface area contributed by atoms with Crippen LogP contribution in [0.5, 0.6) is 5.75 Å². The van der Waals surface area contributed by atoms with Crippen molar-refractivity contribution in [3.8, 4) is 5.75 Å². The third-order valence-electron chi connectivity index (χ3n) is 3.53. The van der Waals surface area contributed by atoms with Gasteiger partial charge in [-0.1, -0.05) is 23.7 Å². The number of nitrogens with one attached hydrogen (secondary N) is 1. The molecule has 0 atom stereocenters. The Hall–Kier alpha value is -2.86. The summed E-state index contributed by atoms with van der Waals surface area (Å²) in [7, 11) is 1.56. The zero-order chi connectivity index (χ0) is 17.8. The number of methoxy groups -OCH3 is 1. The Kier molecular flexibility index (Phi) is 5.00. The highest BCUT2D eigenvalue weighted by Gasteiger charge is 2.13. The summed E-state index contributed by atoms with van der Waals surface area (Å²) in [6, 6.07) is 12.9. The molecule has 2 aromatic carbocycles. The molecule has 25 heavy (non-hydrogen) atoms. The van der Waals surface area contributed by atoms with Crippen LogP contribution in [0.25, 0.3) is 0 Å². The molecule has 0 fully saturated rings. The fourth-order valence-electron chi connectivity index (χ4n) is 2.31. The number of aromatic nitrogens is 2. The number of hydrogen-bond acceptors (Lipinski definition) is 3. The van der Waals surface area contributed by atoms with Crippen molar-refractivity contribution in [3.05, 3.63) is 76.7 Å². The third kappa shape index (κ3) is 4.16. The molecule has 0 aliphatic rings. The number of carbonyl (C=O) groups excluding carboxylic acids is 1. The molecular formula is C18H15ClFN3O2. The van der Waals surface area contributed by atoms with E-state index in [4.69, 9.17) is 16.3 Å². The summed E-state index contributed by atoms with van der Waals surface area (Å²) in [6.07, 6.45) is 1.58. The molecule has 0 saturated carbocycles. The summed E-state index contributed by atoms with van der Waals surface area (Å²) in [5.41, 5.74) is 1.20. The highest BCUT2D eigenvalue weighted by Crippen LogP contribution is 2.21. The number of carbonyl (C=O) groups is 1. The zero-order valence-corrected chi connectivity index (χ0v) is 14.1. The highest BCUT2D eigenvalue weighted by atomic mass is 35.5. The Morgan fingerprint density at radius 1 is 1.28 bits per heavy atom. The van der Waals surface area contributed by atoms with E-state index in [0.717, 1.165) is 5.56 Å². The standard InChI is InChI=1S/C18H15ClFN3O2/c1-25-15-7-5-13(6-8-15)18(24)21-17-16(19)11-23(22-17)10-12-3-2-4-14(20)9-12/h2-9,11H,10H2,1H3,(H,21,22,24). The molecule has 1 amide bonds. The van der Waals surface area contributed by atoms with E-state index in [0.29, 0.717) is 22.9 Å². The average molecular weight is 360 g/mol.